The number of benzene rings is 1. The van der Waals surface area contributed by atoms with Crippen molar-refractivity contribution in [3.8, 4) is 5.75 Å². The Bertz CT molecular complexity index is 573. The average Bonchev–Trinajstić information content (AvgIpc) is 2.44. The molecule has 1 aliphatic heterocycles. The van der Waals surface area contributed by atoms with Crippen molar-refractivity contribution in [1.82, 2.24) is 10.2 Å². The number of piperazine rings is 1. The molecule has 1 aliphatic rings. The molecule has 0 spiro atoms. The summed E-state index contributed by atoms with van der Waals surface area (Å²) in [5.41, 5.74) is 6.21. The molecule has 2 rings (SSSR count). The number of para-hydroxylation sites is 2. The zero-order valence-electron chi connectivity index (χ0n) is 11.7. The van der Waals surface area contributed by atoms with Gasteiger partial charge in [0.15, 0.2) is 0 Å². The summed E-state index contributed by atoms with van der Waals surface area (Å²) in [5.74, 6) is -0.737. The van der Waals surface area contributed by atoms with Crippen molar-refractivity contribution >= 4 is 23.4 Å². The predicted molar refractivity (Wildman–Crippen MR) is 75.3 cm³/mol. The van der Waals surface area contributed by atoms with Crippen LogP contribution in [-0.2, 0) is 14.4 Å². The molecule has 1 fully saturated rings. The van der Waals surface area contributed by atoms with Gasteiger partial charge in [0.2, 0.25) is 17.7 Å². The molecule has 3 N–H and O–H groups in total. The summed E-state index contributed by atoms with van der Waals surface area (Å²) in [6.45, 7) is 1.60. The van der Waals surface area contributed by atoms with Crippen LogP contribution in [0.3, 0.4) is 0 Å². The van der Waals surface area contributed by atoms with E-state index in [-0.39, 0.29) is 25.5 Å². The normalized spacial score (nSPS) is 18.3. The third-order valence-electron chi connectivity index (χ3n) is 3.24. The molecule has 112 valence electrons. The minimum atomic E-state index is -0.656. The van der Waals surface area contributed by atoms with Crippen LogP contribution in [0.1, 0.15) is 13.3 Å². The van der Waals surface area contributed by atoms with E-state index in [0.29, 0.717) is 11.4 Å². The molecule has 1 unspecified atom stereocenters. The van der Waals surface area contributed by atoms with E-state index in [0.717, 1.165) is 0 Å². The number of imide groups is 1. The lowest BCUT2D eigenvalue weighted by Gasteiger charge is -2.31. The first kappa shape index (κ1) is 14.8. The molecule has 0 saturated carbocycles. The summed E-state index contributed by atoms with van der Waals surface area (Å²) in [6, 6.07) is 6.32. The number of ether oxygens (including phenoxy) is 1. The molecule has 0 bridgehead atoms. The van der Waals surface area contributed by atoms with E-state index >= 15 is 0 Å². The molecule has 1 atom stereocenters. The smallest absolute Gasteiger partial charge is 0.249 e. The second kappa shape index (κ2) is 6.25. The first-order valence-electron chi connectivity index (χ1n) is 6.59. The van der Waals surface area contributed by atoms with Gasteiger partial charge >= 0.3 is 0 Å². The number of carbonyl (C=O) groups excluding carboxylic acids is 3. The van der Waals surface area contributed by atoms with Crippen LogP contribution in [0.5, 0.6) is 5.75 Å². The van der Waals surface area contributed by atoms with Gasteiger partial charge in [0.05, 0.1) is 18.7 Å². The number of nitrogens with two attached hydrogens (primary N) is 1. The Hall–Kier alpha value is -2.57. The molecule has 0 radical (unpaired) electrons. The molecule has 0 aromatic heterocycles. The minimum absolute atomic E-state index is 0.0687. The predicted octanol–water partition coefficient (Wildman–Crippen LogP) is -0.0888. The van der Waals surface area contributed by atoms with Crippen molar-refractivity contribution in [3.05, 3.63) is 24.3 Å². The van der Waals surface area contributed by atoms with Crippen molar-refractivity contribution in [3.63, 3.8) is 0 Å². The maximum absolute atomic E-state index is 12.1. The highest BCUT2D eigenvalue weighted by molar-refractivity contribution is 6.04. The topological polar surface area (TPSA) is 102 Å². The molecular weight excluding hydrogens is 274 g/mol. The fourth-order valence-corrected chi connectivity index (χ4v) is 2.02. The largest absolute Gasteiger partial charge is 0.491 e. The van der Waals surface area contributed by atoms with E-state index in [1.54, 1.807) is 31.2 Å². The number of hydrogen-bond acceptors (Lipinski definition) is 5. The van der Waals surface area contributed by atoms with E-state index < -0.39 is 17.9 Å². The average molecular weight is 291 g/mol. The molecule has 7 nitrogen and oxygen atoms in total. The second-order valence-corrected chi connectivity index (χ2v) is 4.75. The molecule has 1 saturated heterocycles. The lowest BCUT2D eigenvalue weighted by Crippen LogP contribution is -2.58. The Morgan fingerprint density at radius 1 is 1.43 bits per heavy atom. The zero-order chi connectivity index (χ0) is 15.4. The lowest BCUT2D eigenvalue weighted by molar-refractivity contribution is -0.149. The van der Waals surface area contributed by atoms with Crippen molar-refractivity contribution in [1.29, 1.82) is 0 Å². The van der Waals surface area contributed by atoms with Crippen molar-refractivity contribution in [2.24, 2.45) is 0 Å². The van der Waals surface area contributed by atoms with Gasteiger partial charge in [0.25, 0.3) is 0 Å². The van der Waals surface area contributed by atoms with Crippen LogP contribution in [-0.4, -0.2) is 41.8 Å². The van der Waals surface area contributed by atoms with E-state index in [1.165, 1.54) is 4.90 Å². The maximum Gasteiger partial charge on any atom is 0.249 e. The number of nitrogen functional groups attached to an aromatic ring is 1. The summed E-state index contributed by atoms with van der Waals surface area (Å²) < 4.78 is 5.43. The summed E-state index contributed by atoms with van der Waals surface area (Å²) in [7, 11) is 0. The van der Waals surface area contributed by atoms with Gasteiger partial charge in [-0.25, -0.2) is 0 Å². The van der Waals surface area contributed by atoms with Crippen LogP contribution in [0, 0.1) is 0 Å². The van der Waals surface area contributed by atoms with Gasteiger partial charge in [-0.3, -0.25) is 19.7 Å². The first-order valence-corrected chi connectivity index (χ1v) is 6.59. The molecular formula is C14H17N3O4. The molecule has 0 aliphatic carbocycles. The van der Waals surface area contributed by atoms with Crippen molar-refractivity contribution in [2.45, 2.75) is 19.4 Å². The molecule has 7 heteroatoms. The number of rotatable bonds is 4. The summed E-state index contributed by atoms with van der Waals surface area (Å²) in [4.78, 5) is 36.1. The number of nitrogens with one attached hydrogen (secondary N) is 1. The van der Waals surface area contributed by atoms with Gasteiger partial charge < -0.3 is 15.4 Å². The highest BCUT2D eigenvalue weighted by atomic mass is 16.5. The highest BCUT2D eigenvalue weighted by Gasteiger charge is 2.33. The number of anilines is 1. The second-order valence-electron chi connectivity index (χ2n) is 4.75. The van der Waals surface area contributed by atoms with Crippen LogP contribution >= 0.6 is 0 Å². The zero-order valence-corrected chi connectivity index (χ0v) is 11.7. The molecule has 3 amide bonds. The Balaban J connectivity index is 1.88. The standard InChI is InChI=1S/C14H17N3O4/c1-9-14(20)16-12(18)8-17(9)13(19)6-7-21-11-5-3-2-4-10(11)15/h2-5,9H,6-8,15H2,1H3,(H,16,18,20). The first-order chi connectivity index (χ1) is 9.99. The fourth-order valence-electron chi connectivity index (χ4n) is 2.02. The van der Waals surface area contributed by atoms with Gasteiger partial charge in [0, 0.05) is 0 Å². The van der Waals surface area contributed by atoms with Crippen LogP contribution < -0.4 is 15.8 Å². The summed E-state index contributed by atoms with van der Waals surface area (Å²) in [5, 5.41) is 2.18. The third kappa shape index (κ3) is 3.50. The van der Waals surface area contributed by atoms with Gasteiger partial charge in [-0.05, 0) is 19.1 Å². The van der Waals surface area contributed by atoms with Gasteiger partial charge in [-0.15, -0.1) is 0 Å². The van der Waals surface area contributed by atoms with Crippen molar-refractivity contribution in [2.75, 3.05) is 18.9 Å². The third-order valence-corrected chi connectivity index (χ3v) is 3.24. The van der Waals surface area contributed by atoms with Crippen molar-refractivity contribution < 1.29 is 19.1 Å². The Morgan fingerprint density at radius 2 is 2.14 bits per heavy atom. The quantitative estimate of drug-likeness (QED) is 0.596. The number of hydrogen-bond donors (Lipinski definition) is 2. The summed E-state index contributed by atoms with van der Waals surface area (Å²) >= 11 is 0. The van der Waals surface area contributed by atoms with Crippen LogP contribution in [0.2, 0.25) is 0 Å². The number of amides is 3. The molecule has 1 aromatic rings. The van der Waals surface area contributed by atoms with E-state index in [1.807, 2.05) is 0 Å². The SMILES string of the molecule is CC1C(=O)NC(=O)CN1C(=O)CCOc1ccccc1N. The van der Waals surface area contributed by atoms with E-state index in [9.17, 15) is 14.4 Å². The Morgan fingerprint density at radius 3 is 2.86 bits per heavy atom. The van der Waals surface area contributed by atoms with Gasteiger partial charge in [-0.1, -0.05) is 12.1 Å². The monoisotopic (exact) mass is 291 g/mol. The van der Waals surface area contributed by atoms with Gasteiger partial charge in [-0.2, -0.15) is 0 Å². The van der Waals surface area contributed by atoms with Crippen LogP contribution in [0.4, 0.5) is 5.69 Å². The molecule has 21 heavy (non-hydrogen) atoms. The van der Waals surface area contributed by atoms with Crippen LogP contribution in [0.25, 0.3) is 0 Å². The van der Waals surface area contributed by atoms with Gasteiger partial charge in [0.1, 0.15) is 18.3 Å². The lowest BCUT2D eigenvalue weighted by atomic mass is 10.2. The highest BCUT2D eigenvalue weighted by Crippen LogP contribution is 2.20. The molecule has 1 heterocycles. The Labute approximate surface area is 122 Å². The fraction of sp³-hybridized carbons (Fsp3) is 0.357. The summed E-state index contributed by atoms with van der Waals surface area (Å²) in [6.07, 6.45) is 0.0687. The maximum atomic E-state index is 12.1. The molecule has 1 aromatic carbocycles. The van der Waals surface area contributed by atoms with E-state index in [2.05, 4.69) is 5.32 Å². The Kier molecular flexibility index (Phi) is 4.42. The number of carbonyl (C=O) groups is 3. The number of nitrogens with zero attached hydrogens (tertiary/aromatic N) is 1. The van der Waals surface area contributed by atoms with Crippen LogP contribution in [0.15, 0.2) is 24.3 Å². The minimum Gasteiger partial charge on any atom is -0.491 e. The van der Waals surface area contributed by atoms with E-state index in [4.69, 9.17) is 10.5 Å².